The summed E-state index contributed by atoms with van der Waals surface area (Å²) in [5.74, 6) is 0.160. The van der Waals surface area contributed by atoms with Crippen LogP contribution in [0.4, 0.5) is 10.1 Å². The lowest BCUT2D eigenvalue weighted by atomic mass is 10.0. The smallest absolute Gasteiger partial charge is 0.142 e. The van der Waals surface area contributed by atoms with Crippen molar-refractivity contribution < 1.29 is 9.13 Å². The predicted octanol–water partition coefficient (Wildman–Crippen LogP) is 3.91. The summed E-state index contributed by atoms with van der Waals surface area (Å²) in [5, 5.41) is 0. The number of nitrogens with two attached hydrogens (primary N) is 1. The summed E-state index contributed by atoms with van der Waals surface area (Å²) in [6, 6.07) is 8.42. The van der Waals surface area contributed by atoms with Gasteiger partial charge in [-0.3, -0.25) is 0 Å². The van der Waals surface area contributed by atoms with Crippen LogP contribution < -0.4 is 10.5 Å². The van der Waals surface area contributed by atoms with Crippen LogP contribution in [0.3, 0.4) is 0 Å². The van der Waals surface area contributed by atoms with Crippen molar-refractivity contribution >= 4 is 5.69 Å². The van der Waals surface area contributed by atoms with E-state index >= 15 is 0 Å². The molecule has 0 heterocycles. The van der Waals surface area contributed by atoms with Crippen molar-refractivity contribution in [1.82, 2.24) is 0 Å². The minimum absolute atomic E-state index is 0.322. The number of nitrogen functional groups attached to an aromatic ring is 1. The molecule has 0 saturated carbocycles. The summed E-state index contributed by atoms with van der Waals surface area (Å²) in [5.41, 5.74) is 10.8. The molecule has 0 radical (unpaired) electrons. The van der Waals surface area contributed by atoms with Crippen molar-refractivity contribution in [2.75, 3.05) is 5.73 Å². The van der Waals surface area contributed by atoms with Gasteiger partial charge in [-0.1, -0.05) is 17.7 Å². The molecule has 0 bridgehead atoms. The molecule has 0 aliphatic heterocycles. The molecule has 3 heteroatoms. The quantitative estimate of drug-likeness (QED) is 0.848. The summed E-state index contributed by atoms with van der Waals surface area (Å²) in [6.07, 6.45) is 0. The van der Waals surface area contributed by atoms with Gasteiger partial charge in [-0.05, 0) is 49.6 Å². The maximum Gasteiger partial charge on any atom is 0.142 e. The number of rotatable bonds is 3. The van der Waals surface area contributed by atoms with Gasteiger partial charge in [0.2, 0.25) is 0 Å². The van der Waals surface area contributed by atoms with Crippen molar-refractivity contribution in [2.24, 2.45) is 0 Å². The second kappa shape index (κ2) is 5.31. The Kier molecular flexibility index (Phi) is 3.74. The first kappa shape index (κ1) is 13.4. The summed E-state index contributed by atoms with van der Waals surface area (Å²) in [6.45, 7) is 6.63. The first-order chi connectivity index (χ1) is 8.97. The van der Waals surface area contributed by atoms with E-state index in [2.05, 4.69) is 32.9 Å². The van der Waals surface area contributed by atoms with Gasteiger partial charge in [0.05, 0.1) is 5.69 Å². The van der Waals surface area contributed by atoms with Crippen LogP contribution in [0, 0.1) is 26.6 Å². The average molecular weight is 259 g/mol. The first-order valence-corrected chi connectivity index (χ1v) is 6.22. The molecule has 2 aromatic rings. The molecule has 2 N–H and O–H groups in total. The Morgan fingerprint density at radius 1 is 1.05 bits per heavy atom. The van der Waals surface area contributed by atoms with E-state index in [9.17, 15) is 4.39 Å². The summed E-state index contributed by atoms with van der Waals surface area (Å²) in [7, 11) is 0. The van der Waals surface area contributed by atoms with Crippen LogP contribution in [0.25, 0.3) is 0 Å². The van der Waals surface area contributed by atoms with E-state index in [4.69, 9.17) is 10.5 Å². The Morgan fingerprint density at radius 3 is 2.26 bits per heavy atom. The zero-order valence-corrected chi connectivity index (χ0v) is 11.5. The third kappa shape index (κ3) is 3.05. The van der Waals surface area contributed by atoms with Crippen LogP contribution in [0.5, 0.6) is 5.75 Å². The molecule has 19 heavy (non-hydrogen) atoms. The van der Waals surface area contributed by atoms with Crippen molar-refractivity contribution in [3.05, 3.63) is 58.4 Å². The topological polar surface area (TPSA) is 35.2 Å². The lowest BCUT2D eigenvalue weighted by molar-refractivity contribution is 0.306. The molecule has 0 aromatic heterocycles. The number of aryl methyl sites for hydroxylation is 3. The zero-order valence-electron chi connectivity index (χ0n) is 11.5. The second-order valence-electron chi connectivity index (χ2n) is 4.85. The lowest BCUT2D eigenvalue weighted by Gasteiger charge is -2.14. The highest BCUT2D eigenvalue weighted by Gasteiger charge is 2.07. The molecule has 2 aromatic carbocycles. The van der Waals surface area contributed by atoms with Crippen LogP contribution in [0.15, 0.2) is 30.3 Å². The van der Waals surface area contributed by atoms with E-state index < -0.39 is 0 Å². The van der Waals surface area contributed by atoms with E-state index in [0.717, 1.165) is 5.56 Å². The number of anilines is 1. The lowest BCUT2D eigenvalue weighted by Crippen LogP contribution is -2.03. The molecule has 0 fully saturated rings. The molecule has 0 amide bonds. The third-order valence-corrected chi connectivity index (χ3v) is 3.18. The molecular formula is C16H18FNO. The van der Waals surface area contributed by atoms with E-state index in [1.807, 2.05) is 0 Å². The van der Waals surface area contributed by atoms with Crippen LogP contribution in [0.1, 0.15) is 22.3 Å². The molecule has 0 unspecified atom stereocenters. The van der Waals surface area contributed by atoms with E-state index in [0.29, 0.717) is 18.0 Å². The van der Waals surface area contributed by atoms with Gasteiger partial charge in [-0.15, -0.1) is 0 Å². The van der Waals surface area contributed by atoms with Gasteiger partial charge in [-0.2, -0.15) is 0 Å². The van der Waals surface area contributed by atoms with Gasteiger partial charge in [-0.25, -0.2) is 4.39 Å². The molecular weight excluding hydrogens is 241 g/mol. The van der Waals surface area contributed by atoms with Crippen LogP contribution in [0.2, 0.25) is 0 Å². The maximum absolute atomic E-state index is 12.9. The first-order valence-electron chi connectivity index (χ1n) is 6.22. The highest BCUT2D eigenvalue weighted by atomic mass is 19.1. The number of hydrogen-bond acceptors (Lipinski definition) is 2. The SMILES string of the molecule is Cc1cc(C)c(COc2ccc(F)cc2N)c(C)c1. The fourth-order valence-corrected chi connectivity index (χ4v) is 2.24. The Bertz CT molecular complexity index is 585. The van der Waals surface area contributed by atoms with Gasteiger partial charge in [0.1, 0.15) is 18.2 Å². The van der Waals surface area contributed by atoms with E-state index in [1.54, 1.807) is 6.07 Å². The van der Waals surface area contributed by atoms with Crippen molar-refractivity contribution in [3.63, 3.8) is 0 Å². The zero-order chi connectivity index (χ0) is 14.0. The summed E-state index contributed by atoms with van der Waals surface area (Å²) >= 11 is 0. The Labute approximate surface area is 113 Å². The molecule has 0 aliphatic carbocycles. The van der Waals surface area contributed by atoms with E-state index in [1.165, 1.54) is 28.8 Å². The largest absolute Gasteiger partial charge is 0.487 e. The minimum atomic E-state index is -0.354. The highest BCUT2D eigenvalue weighted by molar-refractivity contribution is 5.52. The second-order valence-corrected chi connectivity index (χ2v) is 4.85. The van der Waals surface area contributed by atoms with Gasteiger partial charge in [0.15, 0.2) is 0 Å². The Balaban J connectivity index is 2.19. The molecule has 2 rings (SSSR count). The normalized spacial score (nSPS) is 10.5. The molecule has 2 nitrogen and oxygen atoms in total. The van der Waals surface area contributed by atoms with Gasteiger partial charge in [0.25, 0.3) is 0 Å². The minimum Gasteiger partial charge on any atom is -0.487 e. The van der Waals surface area contributed by atoms with Gasteiger partial charge < -0.3 is 10.5 Å². The third-order valence-electron chi connectivity index (χ3n) is 3.18. The summed E-state index contributed by atoms with van der Waals surface area (Å²) in [4.78, 5) is 0. The van der Waals surface area contributed by atoms with Gasteiger partial charge >= 0.3 is 0 Å². The number of benzene rings is 2. The molecule has 0 aliphatic rings. The standard InChI is InChI=1S/C16H18FNO/c1-10-6-11(2)14(12(3)7-10)9-19-16-5-4-13(17)8-15(16)18/h4-8H,9,18H2,1-3H3. The predicted molar refractivity (Wildman–Crippen MR) is 75.8 cm³/mol. The number of halogens is 1. The number of ether oxygens (including phenoxy) is 1. The van der Waals surface area contributed by atoms with Crippen molar-refractivity contribution in [2.45, 2.75) is 27.4 Å². The molecule has 0 saturated heterocycles. The van der Waals surface area contributed by atoms with E-state index in [-0.39, 0.29) is 5.82 Å². The van der Waals surface area contributed by atoms with Gasteiger partial charge in [0, 0.05) is 6.07 Å². The van der Waals surface area contributed by atoms with Crippen molar-refractivity contribution in [1.29, 1.82) is 0 Å². The van der Waals surface area contributed by atoms with Crippen LogP contribution in [-0.4, -0.2) is 0 Å². The van der Waals surface area contributed by atoms with Crippen LogP contribution >= 0.6 is 0 Å². The molecule has 0 spiro atoms. The Morgan fingerprint density at radius 2 is 1.68 bits per heavy atom. The Hall–Kier alpha value is -2.03. The fourth-order valence-electron chi connectivity index (χ4n) is 2.24. The molecule has 100 valence electrons. The van der Waals surface area contributed by atoms with Crippen LogP contribution in [-0.2, 0) is 6.61 Å². The molecule has 0 atom stereocenters. The summed E-state index contributed by atoms with van der Waals surface area (Å²) < 4.78 is 18.6. The fraction of sp³-hybridized carbons (Fsp3) is 0.250. The highest BCUT2D eigenvalue weighted by Crippen LogP contribution is 2.24. The number of hydrogen-bond donors (Lipinski definition) is 1. The monoisotopic (exact) mass is 259 g/mol. The van der Waals surface area contributed by atoms with Crippen molar-refractivity contribution in [3.8, 4) is 5.75 Å². The maximum atomic E-state index is 12.9. The average Bonchev–Trinajstić information content (AvgIpc) is 2.30.